The van der Waals surface area contributed by atoms with E-state index in [2.05, 4.69) is 27.0 Å². The van der Waals surface area contributed by atoms with Gasteiger partial charge in [0.25, 0.3) is 0 Å². The quantitative estimate of drug-likeness (QED) is 0.850. The van der Waals surface area contributed by atoms with Gasteiger partial charge in [0, 0.05) is 11.8 Å². The molecule has 21 heavy (non-hydrogen) atoms. The van der Waals surface area contributed by atoms with E-state index in [1.165, 1.54) is 7.11 Å². The van der Waals surface area contributed by atoms with Crippen LogP contribution in [0.2, 0.25) is 0 Å². The number of hydrogen-bond acceptors (Lipinski definition) is 5. The third-order valence-electron chi connectivity index (χ3n) is 3.08. The van der Waals surface area contributed by atoms with Gasteiger partial charge in [-0.1, -0.05) is 0 Å². The van der Waals surface area contributed by atoms with Gasteiger partial charge in [-0.15, -0.1) is 0 Å². The van der Waals surface area contributed by atoms with Crippen molar-refractivity contribution in [2.45, 2.75) is 13.8 Å². The van der Waals surface area contributed by atoms with Crippen LogP contribution in [0.25, 0.3) is 0 Å². The zero-order chi connectivity index (χ0) is 15.6. The third-order valence-corrected chi connectivity index (χ3v) is 3.68. The van der Waals surface area contributed by atoms with E-state index in [0.29, 0.717) is 27.1 Å². The molecule has 0 aliphatic carbocycles. The Balaban J connectivity index is 2.41. The van der Waals surface area contributed by atoms with Gasteiger partial charge in [0.05, 0.1) is 11.6 Å². The van der Waals surface area contributed by atoms with E-state index in [1.54, 1.807) is 25.3 Å². The van der Waals surface area contributed by atoms with Crippen LogP contribution < -0.4 is 4.74 Å². The number of nitriles is 1. The molecule has 2 aromatic rings. The molecule has 5 nitrogen and oxygen atoms in total. The lowest BCUT2D eigenvalue weighted by atomic mass is 10.2. The highest BCUT2D eigenvalue weighted by atomic mass is 79.9. The molecule has 1 aromatic heterocycles. The molecule has 0 aliphatic rings. The minimum Gasteiger partial charge on any atom is -0.503 e. The molecule has 0 aliphatic heterocycles. The molecule has 0 spiro atoms. The van der Waals surface area contributed by atoms with Gasteiger partial charge >= 0.3 is 0 Å². The largest absolute Gasteiger partial charge is 0.503 e. The molecule has 0 bridgehead atoms. The number of phenols is 1. The standard InChI is InChI=1S/C15H13BrN2O3/c1-8-9(2)21-15(11(8)6-17)18-7-10-4-12(16)14(19)13(5-10)20-3/h4-5,7,19H,1-3H3. The summed E-state index contributed by atoms with van der Waals surface area (Å²) in [6.45, 7) is 3.60. The molecule has 1 N–H and O–H groups in total. The zero-order valence-corrected chi connectivity index (χ0v) is 13.4. The summed E-state index contributed by atoms with van der Waals surface area (Å²) in [4.78, 5) is 4.20. The van der Waals surface area contributed by atoms with Crippen molar-refractivity contribution in [2.24, 2.45) is 4.99 Å². The number of methoxy groups -OCH3 is 1. The van der Waals surface area contributed by atoms with Crippen LogP contribution in [-0.4, -0.2) is 18.4 Å². The predicted octanol–water partition coefficient (Wildman–Crippen LogP) is 4.00. The number of halogens is 1. The second-order valence-electron chi connectivity index (χ2n) is 4.39. The Hall–Kier alpha value is -2.26. The molecule has 0 fully saturated rings. The van der Waals surface area contributed by atoms with Crippen molar-refractivity contribution in [3.63, 3.8) is 0 Å². The second-order valence-corrected chi connectivity index (χ2v) is 5.24. The average Bonchev–Trinajstić information content (AvgIpc) is 2.74. The summed E-state index contributed by atoms with van der Waals surface area (Å²) >= 11 is 3.24. The zero-order valence-electron chi connectivity index (χ0n) is 11.8. The van der Waals surface area contributed by atoms with Gasteiger partial charge in [0.2, 0.25) is 5.88 Å². The summed E-state index contributed by atoms with van der Waals surface area (Å²) in [6, 6.07) is 5.41. The second kappa shape index (κ2) is 6.02. The van der Waals surface area contributed by atoms with Crippen LogP contribution in [0.4, 0.5) is 5.88 Å². The van der Waals surface area contributed by atoms with Crippen LogP contribution in [-0.2, 0) is 0 Å². The minimum atomic E-state index is 0.0250. The number of aliphatic imine (C=N–C) groups is 1. The van der Waals surface area contributed by atoms with E-state index >= 15 is 0 Å². The number of nitrogens with zero attached hydrogens (tertiary/aromatic N) is 2. The monoisotopic (exact) mass is 348 g/mol. The van der Waals surface area contributed by atoms with Crippen molar-refractivity contribution in [2.75, 3.05) is 7.11 Å². The SMILES string of the molecule is COc1cc(C=Nc2oc(C)c(C)c2C#N)cc(Br)c1O. The Labute approximate surface area is 130 Å². The molecule has 0 radical (unpaired) electrons. The fourth-order valence-corrected chi connectivity index (χ4v) is 2.25. The number of aryl methyl sites for hydroxylation is 1. The van der Waals surface area contributed by atoms with Gasteiger partial charge in [0.15, 0.2) is 11.5 Å². The van der Waals surface area contributed by atoms with E-state index in [1.807, 2.05) is 6.92 Å². The van der Waals surface area contributed by atoms with Crippen LogP contribution in [0, 0.1) is 25.2 Å². The maximum absolute atomic E-state index is 9.75. The van der Waals surface area contributed by atoms with Gasteiger partial charge in [-0.2, -0.15) is 5.26 Å². The first-order valence-electron chi connectivity index (χ1n) is 6.08. The molecule has 0 saturated carbocycles. The van der Waals surface area contributed by atoms with Gasteiger partial charge in [-0.3, -0.25) is 0 Å². The van der Waals surface area contributed by atoms with Gasteiger partial charge in [-0.25, -0.2) is 4.99 Å². The third kappa shape index (κ3) is 2.93. The van der Waals surface area contributed by atoms with Gasteiger partial charge in [-0.05, 0) is 47.5 Å². The Bertz CT molecular complexity index is 757. The van der Waals surface area contributed by atoms with Crippen LogP contribution in [0.5, 0.6) is 11.5 Å². The number of hydrogen-bond donors (Lipinski definition) is 1. The van der Waals surface area contributed by atoms with E-state index in [0.717, 1.165) is 5.56 Å². The molecule has 0 unspecified atom stereocenters. The summed E-state index contributed by atoms with van der Waals surface area (Å²) in [5.74, 6) is 1.30. The summed E-state index contributed by atoms with van der Waals surface area (Å²) in [7, 11) is 1.47. The first-order chi connectivity index (χ1) is 9.97. The fraction of sp³-hybridized carbons (Fsp3) is 0.200. The molecular weight excluding hydrogens is 336 g/mol. The molecular formula is C15H13BrN2O3. The van der Waals surface area contributed by atoms with E-state index in [-0.39, 0.29) is 11.6 Å². The molecule has 2 rings (SSSR count). The van der Waals surface area contributed by atoms with Crippen molar-refractivity contribution in [3.05, 3.63) is 39.1 Å². The summed E-state index contributed by atoms with van der Waals surface area (Å²) < 4.78 is 11.0. The van der Waals surface area contributed by atoms with E-state index in [4.69, 9.17) is 14.4 Å². The Kier molecular flexibility index (Phi) is 4.34. The van der Waals surface area contributed by atoms with Crippen LogP contribution >= 0.6 is 15.9 Å². The topological polar surface area (TPSA) is 78.8 Å². The van der Waals surface area contributed by atoms with Crippen molar-refractivity contribution in [1.29, 1.82) is 5.26 Å². The Morgan fingerprint density at radius 1 is 1.43 bits per heavy atom. The summed E-state index contributed by atoms with van der Waals surface area (Å²) in [6.07, 6.45) is 1.55. The molecule has 6 heteroatoms. The molecule has 1 heterocycles. The predicted molar refractivity (Wildman–Crippen MR) is 82.5 cm³/mol. The van der Waals surface area contributed by atoms with E-state index in [9.17, 15) is 5.11 Å². The first-order valence-corrected chi connectivity index (χ1v) is 6.87. The maximum atomic E-state index is 9.75. The lowest BCUT2D eigenvalue weighted by Gasteiger charge is -2.05. The number of ether oxygens (including phenoxy) is 1. The Morgan fingerprint density at radius 2 is 2.14 bits per heavy atom. The lowest BCUT2D eigenvalue weighted by molar-refractivity contribution is 0.372. The van der Waals surface area contributed by atoms with Crippen molar-refractivity contribution < 1.29 is 14.3 Å². The van der Waals surface area contributed by atoms with Crippen molar-refractivity contribution in [3.8, 4) is 17.6 Å². The number of aromatic hydroxyl groups is 1. The first kappa shape index (κ1) is 15.1. The van der Waals surface area contributed by atoms with Crippen LogP contribution in [0.15, 0.2) is 26.0 Å². The van der Waals surface area contributed by atoms with E-state index < -0.39 is 0 Å². The summed E-state index contributed by atoms with van der Waals surface area (Å²) in [5.41, 5.74) is 1.91. The van der Waals surface area contributed by atoms with Crippen molar-refractivity contribution in [1.82, 2.24) is 0 Å². The summed E-state index contributed by atoms with van der Waals surface area (Å²) in [5, 5.41) is 18.9. The highest BCUT2D eigenvalue weighted by molar-refractivity contribution is 9.10. The number of furan rings is 1. The number of benzene rings is 1. The Morgan fingerprint density at radius 3 is 2.76 bits per heavy atom. The van der Waals surface area contributed by atoms with Crippen LogP contribution in [0.3, 0.4) is 0 Å². The highest BCUT2D eigenvalue weighted by Crippen LogP contribution is 2.35. The average molecular weight is 349 g/mol. The normalized spacial score (nSPS) is 10.8. The molecule has 0 atom stereocenters. The van der Waals surface area contributed by atoms with Gasteiger partial charge < -0.3 is 14.3 Å². The number of rotatable bonds is 3. The number of phenolic OH excluding ortho intramolecular Hbond substituents is 1. The lowest BCUT2D eigenvalue weighted by Crippen LogP contribution is -1.88. The maximum Gasteiger partial charge on any atom is 0.237 e. The molecule has 1 aromatic carbocycles. The molecule has 0 saturated heterocycles. The van der Waals surface area contributed by atoms with Gasteiger partial charge in [0.1, 0.15) is 17.4 Å². The smallest absolute Gasteiger partial charge is 0.237 e. The minimum absolute atomic E-state index is 0.0250. The molecule has 108 valence electrons. The highest BCUT2D eigenvalue weighted by Gasteiger charge is 2.13. The van der Waals surface area contributed by atoms with Crippen LogP contribution in [0.1, 0.15) is 22.5 Å². The fourth-order valence-electron chi connectivity index (χ4n) is 1.79. The van der Waals surface area contributed by atoms with Crippen molar-refractivity contribution >= 4 is 28.0 Å². The molecule has 0 amide bonds.